The van der Waals surface area contributed by atoms with Gasteiger partial charge in [0.1, 0.15) is 5.01 Å². The van der Waals surface area contributed by atoms with Gasteiger partial charge in [-0.25, -0.2) is 4.98 Å². The lowest BCUT2D eigenvalue weighted by Gasteiger charge is -2.11. The summed E-state index contributed by atoms with van der Waals surface area (Å²) in [6.45, 7) is 3.67. The number of benzene rings is 1. The maximum Gasteiger partial charge on any atom is 0.258 e. The van der Waals surface area contributed by atoms with Crippen molar-refractivity contribution in [3.05, 3.63) is 51.8 Å². The van der Waals surface area contributed by atoms with Crippen LogP contribution in [0.2, 0.25) is 0 Å². The Morgan fingerprint density at radius 1 is 1.21 bits per heavy atom. The van der Waals surface area contributed by atoms with Crippen molar-refractivity contribution < 1.29 is 19.1 Å². The molecule has 2 heterocycles. The zero-order valence-electron chi connectivity index (χ0n) is 15.8. The molecule has 0 aliphatic carbocycles. The molecule has 0 aliphatic heterocycles. The van der Waals surface area contributed by atoms with Gasteiger partial charge in [0.05, 0.1) is 24.2 Å². The van der Waals surface area contributed by atoms with E-state index in [-0.39, 0.29) is 18.3 Å². The van der Waals surface area contributed by atoms with Crippen molar-refractivity contribution in [3.8, 4) is 21.4 Å². The van der Waals surface area contributed by atoms with E-state index in [0.717, 1.165) is 20.5 Å². The molecule has 0 saturated heterocycles. The Labute approximate surface area is 171 Å². The zero-order chi connectivity index (χ0) is 20.1. The number of ether oxygens (including phenoxy) is 2. The molecule has 0 bridgehead atoms. The molecule has 1 N–H and O–H groups in total. The van der Waals surface area contributed by atoms with Crippen molar-refractivity contribution in [2.45, 2.75) is 20.4 Å². The molecular weight excluding hydrogens is 396 g/mol. The molecule has 8 heteroatoms. The standard InChI is InChI=1S/C20H20N2O4S2/c1-12-18(28-20(22-12)17-5-4-8-27-17)10-21-19(24)11-26-15-7-6-14(13(2)23)9-16(15)25-3/h4-9H,10-11H2,1-3H3,(H,21,24). The van der Waals surface area contributed by atoms with Crippen molar-refractivity contribution in [1.29, 1.82) is 0 Å². The Balaban J connectivity index is 1.56. The largest absolute Gasteiger partial charge is 0.493 e. The van der Waals surface area contributed by atoms with Crippen LogP contribution in [0.1, 0.15) is 27.9 Å². The van der Waals surface area contributed by atoms with E-state index in [1.54, 1.807) is 40.9 Å². The van der Waals surface area contributed by atoms with Gasteiger partial charge in [0.25, 0.3) is 5.91 Å². The van der Waals surface area contributed by atoms with Gasteiger partial charge in [-0.1, -0.05) is 6.07 Å². The van der Waals surface area contributed by atoms with Crippen LogP contribution < -0.4 is 14.8 Å². The molecule has 0 unspecified atom stereocenters. The molecule has 6 nitrogen and oxygen atoms in total. The number of aromatic nitrogens is 1. The lowest BCUT2D eigenvalue weighted by molar-refractivity contribution is -0.123. The summed E-state index contributed by atoms with van der Waals surface area (Å²) in [5, 5.41) is 5.83. The number of carbonyl (C=O) groups is 2. The number of nitrogens with one attached hydrogen (secondary N) is 1. The minimum atomic E-state index is -0.247. The van der Waals surface area contributed by atoms with E-state index >= 15 is 0 Å². The van der Waals surface area contributed by atoms with Crippen LogP contribution in [0.25, 0.3) is 9.88 Å². The minimum Gasteiger partial charge on any atom is -0.493 e. The summed E-state index contributed by atoms with van der Waals surface area (Å²) in [6, 6.07) is 8.90. The molecule has 0 saturated carbocycles. The highest BCUT2D eigenvalue weighted by Gasteiger charge is 2.13. The summed E-state index contributed by atoms with van der Waals surface area (Å²) in [4.78, 5) is 30.3. The van der Waals surface area contributed by atoms with Crippen LogP contribution in [0.3, 0.4) is 0 Å². The van der Waals surface area contributed by atoms with E-state index < -0.39 is 0 Å². The summed E-state index contributed by atoms with van der Waals surface area (Å²) >= 11 is 3.22. The van der Waals surface area contributed by atoms with Crippen LogP contribution in [-0.2, 0) is 11.3 Å². The number of carbonyl (C=O) groups excluding carboxylic acids is 2. The van der Waals surface area contributed by atoms with Gasteiger partial charge in [-0.3, -0.25) is 9.59 Å². The molecule has 146 valence electrons. The normalized spacial score (nSPS) is 10.5. The van der Waals surface area contributed by atoms with Gasteiger partial charge in [-0.2, -0.15) is 0 Å². The van der Waals surface area contributed by atoms with Gasteiger partial charge in [0, 0.05) is 10.4 Å². The Hall–Kier alpha value is -2.71. The topological polar surface area (TPSA) is 77.5 Å². The predicted octanol–water partition coefficient (Wildman–Crippen LogP) is 4.09. The Morgan fingerprint density at radius 3 is 2.71 bits per heavy atom. The monoisotopic (exact) mass is 416 g/mol. The number of rotatable bonds is 8. The fraction of sp³-hybridized carbons (Fsp3) is 0.250. The molecule has 3 rings (SSSR count). The number of thiophene rings is 1. The minimum absolute atomic E-state index is 0.0653. The third kappa shape index (κ3) is 4.76. The van der Waals surface area contributed by atoms with E-state index in [1.807, 2.05) is 24.4 Å². The molecule has 0 spiro atoms. The van der Waals surface area contributed by atoms with Gasteiger partial charge in [0.2, 0.25) is 0 Å². The first kappa shape index (κ1) is 20.0. The summed E-state index contributed by atoms with van der Waals surface area (Å²) in [5.41, 5.74) is 1.44. The molecule has 0 aliphatic rings. The molecule has 1 amide bonds. The van der Waals surface area contributed by atoms with Crippen LogP contribution in [0.15, 0.2) is 35.7 Å². The van der Waals surface area contributed by atoms with Crippen molar-refractivity contribution in [2.24, 2.45) is 0 Å². The highest BCUT2D eigenvalue weighted by molar-refractivity contribution is 7.21. The summed E-state index contributed by atoms with van der Waals surface area (Å²) in [6.07, 6.45) is 0. The smallest absolute Gasteiger partial charge is 0.258 e. The fourth-order valence-corrected chi connectivity index (χ4v) is 4.28. The Morgan fingerprint density at radius 2 is 2.04 bits per heavy atom. The second-order valence-corrected chi connectivity index (χ2v) is 8.02. The number of hydrogen-bond acceptors (Lipinski definition) is 7. The highest BCUT2D eigenvalue weighted by atomic mass is 32.1. The van der Waals surface area contributed by atoms with E-state index in [4.69, 9.17) is 9.47 Å². The lowest BCUT2D eigenvalue weighted by atomic mass is 10.1. The second-order valence-electron chi connectivity index (χ2n) is 5.99. The van der Waals surface area contributed by atoms with Crippen molar-refractivity contribution >= 4 is 34.4 Å². The van der Waals surface area contributed by atoms with Gasteiger partial charge in [-0.15, -0.1) is 22.7 Å². The first-order valence-corrected chi connectivity index (χ1v) is 10.3. The van der Waals surface area contributed by atoms with Crippen LogP contribution in [0.5, 0.6) is 11.5 Å². The van der Waals surface area contributed by atoms with Gasteiger partial charge in [-0.05, 0) is 43.5 Å². The van der Waals surface area contributed by atoms with Crippen LogP contribution in [-0.4, -0.2) is 30.4 Å². The average Bonchev–Trinajstić information content (AvgIpc) is 3.34. The van der Waals surface area contributed by atoms with Crippen LogP contribution in [0.4, 0.5) is 0 Å². The zero-order valence-corrected chi connectivity index (χ0v) is 17.4. The molecule has 0 fully saturated rings. The van der Waals surface area contributed by atoms with Crippen molar-refractivity contribution in [3.63, 3.8) is 0 Å². The number of hydrogen-bond donors (Lipinski definition) is 1. The van der Waals surface area contributed by atoms with Crippen LogP contribution in [0, 0.1) is 6.92 Å². The molecule has 0 atom stereocenters. The number of Topliss-reactive ketones (excluding diaryl/α,β-unsaturated/α-hetero) is 1. The second kappa shape index (κ2) is 8.99. The molecule has 28 heavy (non-hydrogen) atoms. The predicted molar refractivity (Wildman–Crippen MR) is 111 cm³/mol. The Bertz CT molecular complexity index is 980. The van der Waals surface area contributed by atoms with Crippen molar-refractivity contribution in [1.82, 2.24) is 10.3 Å². The fourth-order valence-electron chi connectivity index (χ4n) is 2.48. The number of aryl methyl sites for hydroxylation is 1. The van der Waals surface area contributed by atoms with Gasteiger partial charge in [0.15, 0.2) is 23.9 Å². The SMILES string of the molecule is COc1cc(C(C)=O)ccc1OCC(=O)NCc1sc(-c2cccs2)nc1C. The molecular formula is C20H20N2O4S2. The van der Waals surface area contributed by atoms with E-state index in [1.165, 1.54) is 14.0 Å². The van der Waals surface area contributed by atoms with Gasteiger partial charge < -0.3 is 14.8 Å². The molecule has 3 aromatic rings. The van der Waals surface area contributed by atoms with E-state index in [0.29, 0.717) is 23.6 Å². The maximum absolute atomic E-state index is 12.2. The average molecular weight is 417 g/mol. The summed E-state index contributed by atoms with van der Waals surface area (Å²) in [5.74, 6) is 0.517. The number of amides is 1. The highest BCUT2D eigenvalue weighted by Crippen LogP contribution is 2.31. The third-order valence-electron chi connectivity index (χ3n) is 4.00. The van der Waals surface area contributed by atoms with Gasteiger partial charge >= 0.3 is 0 Å². The number of nitrogens with zero attached hydrogens (tertiary/aromatic N) is 1. The van der Waals surface area contributed by atoms with Crippen molar-refractivity contribution in [2.75, 3.05) is 13.7 Å². The number of ketones is 1. The first-order chi connectivity index (χ1) is 13.5. The molecule has 1 aromatic carbocycles. The summed E-state index contributed by atoms with van der Waals surface area (Å²) < 4.78 is 10.8. The van der Waals surface area contributed by atoms with E-state index in [2.05, 4.69) is 10.3 Å². The summed E-state index contributed by atoms with van der Waals surface area (Å²) in [7, 11) is 1.49. The number of methoxy groups -OCH3 is 1. The molecule has 0 radical (unpaired) electrons. The van der Waals surface area contributed by atoms with Crippen LogP contribution >= 0.6 is 22.7 Å². The quantitative estimate of drug-likeness (QED) is 0.560. The third-order valence-corrected chi connectivity index (χ3v) is 6.20. The maximum atomic E-state index is 12.2. The first-order valence-electron chi connectivity index (χ1n) is 8.56. The number of thiazole rings is 1. The Kier molecular flexibility index (Phi) is 6.43. The van der Waals surface area contributed by atoms with E-state index in [9.17, 15) is 9.59 Å². The lowest BCUT2D eigenvalue weighted by Crippen LogP contribution is -2.28. The molecule has 2 aromatic heterocycles.